The Balaban J connectivity index is 1.43. The number of rotatable bonds is 11. The second-order valence-electron chi connectivity index (χ2n) is 11.1. The minimum Gasteiger partial charge on any atom is -0.506 e. The van der Waals surface area contributed by atoms with Crippen LogP contribution in [0.1, 0.15) is 56.9 Å². The number of nitrogens with two attached hydrogens (primary N) is 1. The Morgan fingerprint density at radius 3 is 2.42 bits per heavy atom. The Labute approximate surface area is 259 Å². The first-order valence-corrected chi connectivity index (χ1v) is 14.9. The predicted octanol–water partition coefficient (Wildman–Crippen LogP) is 4.49. The van der Waals surface area contributed by atoms with Crippen molar-refractivity contribution in [2.24, 2.45) is 5.73 Å². The zero-order valence-corrected chi connectivity index (χ0v) is 24.7. The highest BCUT2D eigenvalue weighted by atomic mass is 19.1. The number of fused-ring (bicyclic) bond motifs is 1. The summed E-state index contributed by atoms with van der Waals surface area (Å²) in [4.78, 5) is 35.4. The van der Waals surface area contributed by atoms with E-state index in [1.54, 1.807) is 36.1 Å². The van der Waals surface area contributed by atoms with Crippen LogP contribution in [0, 0.1) is 17.1 Å². The number of imidazole rings is 1. The van der Waals surface area contributed by atoms with Crippen LogP contribution >= 0.6 is 0 Å². The molecular formula is C32H35FN8O4. The zero-order valence-electron chi connectivity index (χ0n) is 24.7. The van der Waals surface area contributed by atoms with Gasteiger partial charge >= 0.3 is 0 Å². The van der Waals surface area contributed by atoms with Gasteiger partial charge < -0.3 is 21.1 Å². The van der Waals surface area contributed by atoms with Crippen molar-refractivity contribution in [1.29, 1.82) is 5.26 Å². The van der Waals surface area contributed by atoms with E-state index >= 15 is 0 Å². The molecule has 2 aromatic carbocycles. The molecule has 1 aliphatic heterocycles. The molecule has 45 heavy (non-hydrogen) atoms. The molecule has 0 spiro atoms. The van der Waals surface area contributed by atoms with Crippen LogP contribution in [-0.4, -0.2) is 55.6 Å². The molecular weight excluding hydrogens is 579 g/mol. The molecule has 0 aliphatic carbocycles. The number of anilines is 2. The standard InChI is InChI=1S/C32H35FN8O4/c33-24-17-21(7-8-22(24)19-34)30-29(31-36-13-16-41(31)32(38-30)40-14-11-23(35)12-15-40)20-9-10-25(26(42)18-20)37-27(43)5-3-1-2-4-6-28(44)39-45/h7-10,13,16-18,23,42,45H,1-6,11-12,14-15,35H2,(H,37,43)(H,39,44). The SMILES string of the molecule is N#Cc1ccc(-c2nc(N3CCC(N)CC3)n3ccnc3c2-c2ccc(NC(=O)CCCCCCC(=O)NO)c(O)c2)cc1F. The van der Waals surface area contributed by atoms with E-state index in [9.17, 15) is 24.3 Å². The molecule has 0 unspecified atom stereocenters. The Morgan fingerprint density at radius 2 is 1.76 bits per heavy atom. The number of aromatic hydroxyl groups is 1. The smallest absolute Gasteiger partial charge is 0.243 e. The van der Waals surface area contributed by atoms with Crippen LogP contribution < -0.4 is 21.4 Å². The van der Waals surface area contributed by atoms with Crippen molar-refractivity contribution >= 4 is 29.1 Å². The van der Waals surface area contributed by atoms with Crippen molar-refractivity contribution in [3.05, 3.63) is 60.2 Å². The monoisotopic (exact) mass is 614 g/mol. The van der Waals surface area contributed by atoms with Crippen LogP contribution in [0.3, 0.4) is 0 Å². The number of nitrogens with zero attached hydrogens (tertiary/aromatic N) is 5. The minimum atomic E-state index is -0.673. The number of hydrogen-bond acceptors (Lipinski definition) is 9. The van der Waals surface area contributed by atoms with Crippen LogP contribution in [0.5, 0.6) is 5.75 Å². The Hall–Kier alpha value is -5.06. The van der Waals surface area contributed by atoms with Crippen molar-refractivity contribution in [2.45, 2.75) is 57.4 Å². The lowest BCUT2D eigenvalue weighted by Gasteiger charge is -2.32. The fourth-order valence-corrected chi connectivity index (χ4v) is 5.50. The van der Waals surface area contributed by atoms with Crippen molar-refractivity contribution in [1.82, 2.24) is 19.8 Å². The molecule has 4 aromatic rings. The third-order valence-corrected chi connectivity index (χ3v) is 7.96. The molecule has 2 aromatic heterocycles. The highest BCUT2D eigenvalue weighted by Gasteiger charge is 2.25. The summed E-state index contributed by atoms with van der Waals surface area (Å²) in [5, 5.41) is 31.5. The van der Waals surface area contributed by atoms with E-state index in [-0.39, 0.29) is 41.8 Å². The van der Waals surface area contributed by atoms with Crippen molar-refractivity contribution in [3.63, 3.8) is 0 Å². The largest absolute Gasteiger partial charge is 0.506 e. The number of carbonyl (C=O) groups is 2. The first kappa shape index (κ1) is 31.4. The molecule has 6 N–H and O–H groups in total. The molecule has 0 radical (unpaired) electrons. The van der Waals surface area contributed by atoms with Gasteiger partial charge in [-0.15, -0.1) is 0 Å². The second kappa shape index (κ2) is 14.1. The van der Waals surface area contributed by atoms with Crippen LogP contribution in [0.15, 0.2) is 48.8 Å². The van der Waals surface area contributed by atoms with Crippen LogP contribution in [0.2, 0.25) is 0 Å². The number of halogens is 1. The molecule has 234 valence electrons. The van der Waals surface area contributed by atoms with E-state index in [4.69, 9.17) is 15.9 Å². The average Bonchev–Trinajstić information content (AvgIpc) is 3.53. The third kappa shape index (κ3) is 7.19. The number of carbonyl (C=O) groups excluding carboxylic acids is 2. The molecule has 1 saturated heterocycles. The number of piperidine rings is 1. The van der Waals surface area contributed by atoms with E-state index in [1.807, 2.05) is 10.5 Å². The molecule has 5 rings (SSSR count). The number of phenolic OH excluding ortho intramolecular Hbond substituents is 1. The van der Waals surface area contributed by atoms with Gasteiger partial charge in [0.25, 0.3) is 0 Å². The molecule has 13 heteroatoms. The highest BCUT2D eigenvalue weighted by Crippen LogP contribution is 2.39. The van der Waals surface area contributed by atoms with E-state index in [0.29, 0.717) is 59.9 Å². The molecule has 0 saturated carbocycles. The minimum absolute atomic E-state index is 0.0840. The predicted molar refractivity (Wildman–Crippen MR) is 166 cm³/mol. The van der Waals surface area contributed by atoms with Gasteiger partial charge in [-0.3, -0.25) is 19.2 Å². The Bertz CT molecular complexity index is 1740. The summed E-state index contributed by atoms with van der Waals surface area (Å²) in [5.74, 6) is -0.902. The quantitative estimate of drug-likeness (QED) is 0.0703. The van der Waals surface area contributed by atoms with Gasteiger partial charge in [0.1, 0.15) is 23.3 Å². The lowest BCUT2D eigenvalue weighted by molar-refractivity contribution is -0.129. The van der Waals surface area contributed by atoms with Gasteiger partial charge in [0.05, 0.1) is 22.5 Å². The van der Waals surface area contributed by atoms with Crippen LogP contribution in [0.4, 0.5) is 16.0 Å². The maximum atomic E-state index is 14.9. The summed E-state index contributed by atoms with van der Waals surface area (Å²) in [5.41, 5.74) is 10.4. The number of nitrogens with one attached hydrogen (secondary N) is 2. The van der Waals surface area contributed by atoms with Gasteiger partial charge in [-0.05, 0) is 55.5 Å². The summed E-state index contributed by atoms with van der Waals surface area (Å²) >= 11 is 0. The average molecular weight is 615 g/mol. The van der Waals surface area contributed by atoms with Gasteiger partial charge in [0.2, 0.25) is 17.8 Å². The molecule has 12 nitrogen and oxygen atoms in total. The zero-order chi connectivity index (χ0) is 31.9. The van der Waals surface area contributed by atoms with E-state index in [1.165, 1.54) is 18.2 Å². The van der Waals surface area contributed by atoms with Crippen LogP contribution in [-0.2, 0) is 9.59 Å². The van der Waals surface area contributed by atoms with Gasteiger partial charge in [-0.25, -0.2) is 19.8 Å². The summed E-state index contributed by atoms with van der Waals surface area (Å²) in [7, 11) is 0. The number of hydrogen-bond donors (Lipinski definition) is 5. The fraction of sp³-hybridized carbons (Fsp3) is 0.344. The summed E-state index contributed by atoms with van der Waals surface area (Å²) in [6.45, 7) is 1.38. The van der Waals surface area contributed by atoms with E-state index in [0.717, 1.165) is 25.7 Å². The number of hydroxylamine groups is 1. The van der Waals surface area contributed by atoms with Gasteiger partial charge in [-0.2, -0.15) is 5.26 Å². The lowest BCUT2D eigenvalue weighted by atomic mass is 9.98. The molecule has 1 fully saturated rings. The summed E-state index contributed by atoms with van der Waals surface area (Å²) < 4.78 is 16.7. The number of aromatic nitrogens is 3. The fourth-order valence-electron chi connectivity index (χ4n) is 5.50. The summed E-state index contributed by atoms with van der Waals surface area (Å²) in [6.07, 6.45) is 8.21. The Morgan fingerprint density at radius 1 is 1.04 bits per heavy atom. The number of amides is 2. The third-order valence-electron chi connectivity index (χ3n) is 7.96. The second-order valence-corrected chi connectivity index (χ2v) is 11.1. The van der Waals surface area contributed by atoms with Crippen molar-refractivity contribution in [3.8, 4) is 34.2 Å². The summed E-state index contributed by atoms with van der Waals surface area (Å²) in [6, 6.07) is 11.1. The van der Waals surface area contributed by atoms with Crippen molar-refractivity contribution < 1.29 is 24.3 Å². The lowest BCUT2D eigenvalue weighted by Crippen LogP contribution is -2.40. The van der Waals surface area contributed by atoms with Gasteiger partial charge in [0.15, 0.2) is 0 Å². The number of unbranched alkanes of at least 4 members (excludes halogenated alkanes) is 3. The number of phenols is 1. The molecule has 3 heterocycles. The Kier molecular flexibility index (Phi) is 9.86. The van der Waals surface area contributed by atoms with Crippen molar-refractivity contribution in [2.75, 3.05) is 23.3 Å². The topological polar surface area (TPSA) is 182 Å². The first-order valence-electron chi connectivity index (χ1n) is 14.9. The maximum absolute atomic E-state index is 14.9. The van der Waals surface area contributed by atoms with Crippen LogP contribution in [0.25, 0.3) is 28.0 Å². The first-order chi connectivity index (χ1) is 21.8. The molecule has 1 aliphatic rings. The normalized spacial score (nSPS) is 13.5. The van der Waals surface area contributed by atoms with Gasteiger partial charge in [0, 0.05) is 49.9 Å². The molecule has 2 amide bonds. The number of benzene rings is 2. The van der Waals surface area contributed by atoms with E-state index in [2.05, 4.69) is 15.2 Å². The van der Waals surface area contributed by atoms with Gasteiger partial charge in [-0.1, -0.05) is 25.0 Å². The maximum Gasteiger partial charge on any atom is 0.243 e. The molecule has 0 atom stereocenters. The van der Waals surface area contributed by atoms with E-state index < -0.39 is 11.7 Å². The number of nitriles is 1. The highest BCUT2D eigenvalue weighted by molar-refractivity contribution is 5.95. The molecule has 0 bridgehead atoms.